The van der Waals surface area contributed by atoms with Crippen LogP contribution in [-0.2, 0) is 31.1 Å². The zero-order chi connectivity index (χ0) is 19.3. The number of H-pyrrole nitrogens is 1. The number of benzene rings is 1. The van der Waals surface area contributed by atoms with Gasteiger partial charge in [-0.2, -0.15) is 0 Å². The molecule has 7 nitrogen and oxygen atoms in total. The molecule has 2 rings (SSSR count). The lowest BCUT2D eigenvalue weighted by atomic mass is 9.92. The van der Waals surface area contributed by atoms with Crippen molar-refractivity contribution in [1.29, 1.82) is 0 Å². The number of nitrogens with two attached hydrogens (primary N) is 1. The summed E-state index contributed by atoms with van der Waals surface area (Å²) < 4.78 is 5.13. The van der Waals surface area contributed by atoms with Gasteiger partial charge < -0.3 is 30.8 Å². The number of carbonyl (C=O) groups excluding carboxylic acids is 1. The first-order chi connectivity index (χ1) is 12.5. The van der Waals surface area contributed by atoms with Gasteiger partial charge in [0.25, 0.3) is 0 Å². The van der Waals surface area contributed by atoms with Crippen molar-refractivity contribution in [2.45, 2.75) is 39.7 Å². The Morgan fingerprint density at radius 2 is 1.88 bits per heavy atom. The number of aromatic amines is 1. The minimum atomic E-state index is -0.585. The third-order valence-corrected chi connectivity index (χ3v) is 4.52. The van der Waals surface area contributed by atoms with E-state index >= 15 is 0 Å². The highest BCUT2D eigenvalue weighted by Crippen LogP contribution is 2.38. The predicted octanol–water partition coefficient (Wildman–Crippen LogP) is 1.84. The molecule has 0 atom stereocenters. The average Bonchev–Trinajstić information content (AvgIpc) is 3.00. The maximum absolute atomic E-state index is 12.2. The Labute approximate surface area is 156 Å². The Balaban J connectivity index is 2.65. The van der Waals surface area contributed by atoms with E-state index in [9.17, 15) is 20.1 Å². The van der Waals surface area contributed by atoms with Gasteiger partial charge in [0.2, 0.25) is 0 Å². The van der Waals surface area contributed by atoms with Gasteiger partial charge >= 0.3 is 5.97 Å². The minimum Gasteiger partial charge on any atom is -0.461 e. The van der Waals surface area contributed by atoms with Gasteiger partial charge in [-0.15, -0.1) is 0 Å². The van der Waals surface area contributed by atoms with E-state index in [0.29, 0.717) is 39.9 Å². The van der Waals surface area contributed by atoms with Crippen molar-refractivity contribution in [3.8, 4) is 11.1 Å². The lowest BCUT2D eigenvalue weighted by Crippen LogP contribution is -2.07. The van der Waals surface area contributed by atoms with Crippen LogP contribution >= 0.6 is 11.6 Å². The van der Waals surface area contributed by atoms with Crippen LogP contribution in [0.3, 0.4) is 0 Å². The molecule has 0 amide bonds. The van der Waals surface area contributed by atoms with E-state index in [4.69, 9.17) is 22.1 Å². The first-order valence-electron chi connectivity index (χ1n) is 8.27. The van der Waals surface area contributed by atoms with E-state index in [2.05, 4.69) is 4.98 Å². The number of nitrogens with one attached hydrogen (secondary N) is 1. The van der Waals surface area contributed by atoms with Crippen molar-refractivity contribution in [1.82, 2.24) is 4.98 Å². The second-order valence-corrected chi connectivity index (χ2v) is 6.09. The number of esters is 1. The number of halogens is 1. The van der Waals surface area contributed by atoms with Crippen LogP contribution < -0.4 is 5.73 Å². The second-order valence-electron chi connectivity index (χ2n) is 5.71. The summed E-state index contributed by atoms with van der Waals surface area (Å²) in [5.74, 6) is -0.585. The monoisotopic (exact) mass is 382 g/mol. The number of hydrogen-bond acceptors (Lipinski definition) is 6. The van der Waals surface area contributed by atoms with Crippen LogP contribution in [0, 0.1) is 0 Å². The zero-order valence-corrected chi connectivity index (χ0v) is 15.3. The molecule has 0 saturated heterocycles. The van der Waals surface area contributed by atoms with E-state index in [1.54, 1.807) is 12.1 Å². The highest BCUT2D eigenvalue weighted by molar-refractivity contribution is 6.36. The molecule has 1 aromatic heterocycles. The SMILES string of the molecule is CCCOC(=O)c1[nH]c(CN)c(-c2ccc(CO)c(CO)c2CO)c1Cl. The lowest BCUT2D eigenvalue weighted by molar-refractivity contribution is 0.0499. The number of ether oxygens (including phenoxy) is 1. The number of aromatic nitrogens is 1. The molecule has 1 heterocycles. The van der Waals surface area contributed by atoms with Gasteiger partial charge in [0.15, 0.2) is 0 Å². The van der Waals surface area contributed by atoms with Gasteiger partial charge in [-0.1, -0.05) is 30.7 Å². The normalized spacial score (nSPS) is 11.0. The summed E-state index contributed by atoms with van der Waals surface area (Å²) in [6, 6.07) is 3.31. The Bertz CT molecular complexity index is 788. The quantitative estimate of drug-likeness (QED) is 0.443. The first kappa shape index (κ1) is 20.4. The molecule has 0 aliphatic carbocycles. The molecule has 0 fully saturated rings. The van der Waals surface area contributed by atoms with E-state index < -0.39 is 5.97 Å². The highest BCUT2D eigenvalue weighted by atomic mass is 35.5. The topological polar surface area (TPSA) is 129 Å². The van der Waals surface area contributed by atoms with Crippen molar-refractivity contribution in [2.75, 3.05) is 6.61 Å². The van der Waals surface area contributed by atoms with Crippen molar-refractivity contribution in [3.63, 3.8) is 0 Å². The van der Waals surface area contributed by atoms with Gasteiger partial charge in [0.05, 0.1) is 31.5 Å². The molecule has 0 aliphatic heterocycles. The first-order valence-corrected chi connectivity index (χ1v) is 8.65. The fraction of sp³-hybridized carbons (Fsp3) is 0.389. The van der Waals surface area contributed by atoms with Crippen LogP contribution in [0.5, 0.6) is 0 Å². The number of hydrogen-bond donors (Lipinski definition) is 5. The molecule has 142 valence electrons. The summed E-state index contributed by atoms with van der Waals surface area (Å²) in [5.41, 5.74) is 8.74. The van der Waals surface area contributed by atoms with E-state index in [-0.39, 0.29) is 43.7 Å². The third-order valence-electron chi connectivity index (χ3n) is 4.15. The molecule has 0 saturated carbocycles. The van der Waals surface area contributed by atoms with Crippen molar-refractivity contribution >= 4 is 17.6 Å². The molecule has 2 aromatic rings. The third kappa shape index (κ3) is 3.77. The predicted molar refractivity (Wildman–Crippen MR) is 97.5 cm³/mol. The van der Waals surface area contributed by atoms with Crippen LogP contribution in [0.2, 0.25) is 5.02 Å². The summed E-state index contributed by atoms with van der Waals surface area (Å²) in [6.45, 7) is 1.22. The molecule has 26 heavy (non-hydrogen) atoms. The Morgan fingerprint density at radius 1 is 1.19 bits per heavy atom. The van der Waals surface area contributed by atoms with Gasteiger partial charge in [0, 0.05) is 17.8 Å². The summed E-state index contributed by atoms with van der Waals surface area (Å²) in [7, 11) is 0. The van der Waals surface area contributed by atoms with Crippen LogP contribution in [0.25, 0.3) is 11.1 Å². The number of rotatable bonds is 8. The summed E-state index contributed by atoms with van der Waals surface area (Å²) in [4.78, 5) is 15.1. The molecular formula is C18H23ClN2O5. The van der Waals surface area contributed by atoms with E-state index in [0.717, 1.165) is 0 Å². The van der Waals surface area contributed by atoms with Crippen LogP contribution in [-0.4, -0.2) is 32.9 Å². The number of carbonyl (C=O) groups is 1. The number of aliphatic hydroxyl groups excluding tert-OH is 3. The summed E-state index contributed by atoms with van der Waals surface area (Å²) >= 11 is 6.43. The van der Waals surface area contributed by atoms with Crippen LogP contribution in [0.4, 0.5) is 0 Å². The van der Waals surface area contributed by atoms with Gasteiger partial charge in [-0.3, -0.25) is 0 Å². The fourth-order valence-electron chi connectivity index (χ4n) is 2.87. The van der Waals surface area contributed by atoms with Crippen LogP contribution in [0.1, 0.15) is 46.2 Å². The molecule has 0 aliphatic rings. The Kier molecular flexibility index (Phi) is 7.19. The fourth-order valence-corrected chi connectivity index (χ4v) is 3.21. The van der Waals surface area contributed by atoms with Gasteiger partial charge in [-0.25, -0.2) is 4.79 Å². The molecule has 6 N–H and O–H groups in total. The molecule has 0 bridgehead atoms. The van der Waals surface area contributed by atoms with E-state index in [1.807, 2.05) is 6.92 Å². The Morgan fingerprint density at radius 3 is 2.42 bits per heavy atom. The second kappa shape index (κ2) is 9.16. The largest absolute Gasteiger partial charge is 0.461 e. The van der Waals surface area contributed by atoms with Crippen molar-refractivity contribution in [3.05, 3.63) is 45.2 Å². The molecule has 8 heteroatoms. The summed E-state index contributed by atoms with van der Waals surface area (Å²) in [5, 5.41) is 29.1. The van der Waals surface area contributed by atoms with Gasteiger partial charge in [0.1, 0.15) is 5.69 Å². The van der Waals surface area contributed by atoms with Crippen molar-refractivity contribution in [2.24, 2.45) is 5.73 Å². The summed E-state index contributed by atoms with van der Waals surface area (Å²) in [6.07, 6.45) is 0.678. The van der Waals surface area contributed by atoms with Crippen LogP contribution in [0.15, 0.2) is 12.1 Å². The minimum absolute atomic E-state index is 0.0805. The molecule has 0 unspecified atom stereocenters. The maximum Gasteiger partial charge on any atom is 0.356 e. The molecule has 0 radical (unpaired) electrons. The highest BCUT2D eigenvalue weighted by Gasteiger charge is 2.25. The molecular weight excluding hydrogens is 360 g/mol. The van der Waals surface area contributed by atoms with Crippen molar-refractivity contribution < 1.29 is 24.9 Å². The zero-order valence-electron chi connectivity index (χ0n) is 14.5. The smallest absolute Gasteiger partial charge is 0.356 e. The van der Waals surface area contributed by atoms with Gasteiger partial charge in [-0.05, 0) is 28.7 Å². The Hall–Kier alpha value is -1.90. The van der Waals surface area contributed by atoms with E-state index in [1.165, 1.54) is 0 Å². The molecule has 1 aromatic carbocycles. The molecule has 0 spiro atoms. The standard InChI is InChI=1S/C18H23ClN2O5/c1-2-5-26-18(25)17-16(19)15(14(6-20)21-17)11-4-3-10(7-22)12(8-23)13(11)9-24/h3-4,21-24H,2,5-9,20H2,1H3. The maximum atomic E-state index is 12.2. The average molecular weight is 383 g/mol. The lowest BCUT2D eigenvalue weighted by Gasteiger charge is -2.16. The number of aliphatic hydroxyl groups is 3.